The molecule has 0 saturated carbocycles. The molecule has 2 fully saturated rings. The van der Waals surface area contributed by atoms with Gasteiger partial charge >= 0.3 is 0 Å². The summed E-state index contributed by atoms with van der Waals surface area (Å²) in [5.74, 6) is 0. The molecule has 92 valence electrons. The van der Waals surface area contributed by atoms with Crippen molar-refractivity contribution in [2.45, 2.75) is 40.1 Å². The highest BCUT2D eigenvalue weighted by atomic mass is 16.6. The Hall–Kier alpha value is -0.160. The third-order valence-corrected chi connectivity index (χ3v) is 2.03. The topological polar surface area (TPSA) is 43.5 Å². The van der Waals surface area contributed by atoms with E-state index in [1.807, 2.05) is 6.92 Å². The average molecular weight is 220 g/mol. The van der Waals surface area contributed by atoms with Crippen molar-refractivity contribution in [1.29, 1.82) is 0 Å². The molecule has 0 N–H and O–H groups in total. The largest absolute Gasteiger partial charge is 0.376 e. The zero-order valence-electron chi connectivity index (χ0n) is 7.90. The summed E-state index contributed by atoms with van der Waals surface area (Å²) in [7, 11) is 0. The van der Waals surface area contributed by atoms with Crippen LogP contribution in [0.25, 0.3) is 0 Å². The van der Waals surface area contributed by atoms with Crippen molar-refractivity contribution in [1.82, 2.24) is 0 Å². The molecule has 2 aliphatic rings. The van der Waals surface area contributed by atoms with Crippen LogP contribution in [0.5, 0.6) is 0 Å². The zero-order valence-corrected chi connectivity index (χ0v) is 7.90. The van der Waals surface area contributed by atoms with E-state index < -0.39 is 0 Å². The quantitative estimate of drug-likeness (QED) is 0.609. The Morgan fingerprint density at radius 1 is 1.13 bits per heavy atom. The molecule has 4 heteroatoms. The van der Waals surface area contributed by atoms with Crippen LogP contribution in [0.2, 0.25) is 0 Å². The number of epoxide rings is 2. The van der Waals surface area contributed by atoms with Gasteiger partial charge in [0.2, 0.25) is 0 Å². The molecule has 15 heavy (non-hydrogen) atoms. The number of rotatable bonds is 7. The molecule has 2 aliphatic heterocycles. The predicted molar refractivity (Wildman–Crippen MR) is 59.2 cm³/mol. The van der Waals surface area contributed by atoms with Crippen molar-refractivity contribution in [3.63, 3.8) is 0 Å². The summed E-state index contributed by atoms with van der Waals surface area (Å²) in [6.45, 7) is 5.76. The van der Waals surface area contributed by atoms with E-state index in [-0.39, 0.29) is 21.0 Å². The summed E-state index contributed by atoms with van der Waals surface area (Å²) in [6.07, 6.45) is 0.844. The minimum absolute atomic E-state index is 0. The fraction of sp³-hybridized carbons (Fsp3) is 1.00. The predicted octanol–water partition coefficient (Wildman–Crippen LogP) is 1.48. The van der Waals surface area contributed by atoms with E-state index in [4.69, 9.17) is 18.9 Å². The van der Waals surface area contributed by atoms with Gasteiger partial charge in [-0.15, -0.1) is 0 Å². The number of hydrogen-bond acceptors (Lipinski definition) is 4. The Kier molecular flexibility index (Phi) is 7.09. The third kappa shape index (κ3) is 6.84. The molecule has 3 unspecified atom stereocenters. The summed E-state index contributed by atoms with van der Waals surface area (Å²) in [5.41, 5.74) is 0. The molecule has 0 aromatic carbocycles. The lowest BCUT2D eigenvalue weighted by molar-refractivity contribution is -0.0146. The minimum atomic E-state index is 0. The van der Waals surface area contributed by atoms with E-state index in [1.165, 1.54) is 0 Å². The Balaban J connectivity index is 0.000000980. The average Bonchev–Trinajstić information content (AvgIpc) is 2.97. The second kappa shape index (κ2) is 7.17. The summed E-state index contributed by atoms with van der Waals surface area (Å²) in [5, 5.41) is 0. The fourth-order valence-electron chi connectivity index (χ4n) is 1.01. The molecule has 2 rings (SSSR count). The molecule has 0 radical (unpaired) electrons. The molecule has 0 bridgehead atoms. The molecule has 2 saturated heterocycles. The van der Waals surface area contributed by atoms with Crippen LogP contribution in [-0.2, 0) is 18.9 Å². The molecule has 0 amide bonds. The second-order valence-corrected chi connectivity index (χ2v) is 3.59. The van der Waals surface area contributed by atoms with Gasteiger partial charge in [0.15, 0.2) is 0 Å². The Labute approximate surface area is 92.8 Å². The molecule has 0 aliphatic carbocycles. The first-order valence-electron chi connectivity index (χ1n) is 4.77. The monoisotopic (exact) mass is 220 g/mol. The van der Waals surface area contributed by atoms with Crippen LogP contribution in [0.15, 0.2) is 0 Å². The van der Waals surface area contributed by atoms with Crippen LogP contribution < -0.4 is 0 Å². The van der Waals surface area contributed by atoms with Crippen molar-refractivity contribution in [3.05, 3.63) is 0 Å². The lowest BCUT2D eigenvalue weighted by atomic mass is 10.4. The highest BCUT2D eigenvalue weighted by molar-refractivity contribution is 4.69. The summed E-state index contributed by atoms with van der Waals surface area (Å²) in [6, 6.07) is 0. The van der Waals surface area contributed by atoms with E-state index in [0.717, 1.165) is 13.2 Å². The fourth-order valence-corrected chi connectivity index (χ4v) is 1.01. The first kappa shape index (κ1) is 14.8. The molecule has 3 atom stereocenters. The Bertz CT molecular complexity index is 155. The van der Waals surface area contributed by atoms with Crippen LogP contribution in [-0.4, -0.2) is 51.3 Å². The number of hydrogen-bond donors (Lipinski definition) is 0. The van der Waals surface area contributed by atoms with Gasteiger partial charge < -0.3 is 18.9 Å². The normalized spacial score (nSPS) is 28.6. The Morgan fingerprint density at radius 2 is 1.67 bits per heavy atom. The molecule has 0 aromatic heterocycles. The maximum atomic E-state index is 5.48. The minimum Gasteiger partial charge on any atom is -0.376 e. The van der Waals surface area contributed by atoms with Gasteiger partial charge in [-0.1, -0.05) is 14.9 Å². The van der Waals surface area contributed by atoms with Gasteiger partial charge in [-0.2, -0.15) is 0 Å². The first-order chi connectivity index (χ1) is 6.34. The van der Waals surface area contributed by atoms with Gasteiger partial charge in [-0.25, -0.2) is 0 Å². The van der Waals surface area contributed by atoms with Crippen LogP contribution in [0.1, 0.15) is 21.8 Å². The smallest absolute Gasteiger partial charge is 0.104 e. The van der Waals surface area contributed by atoms with E-state index in [1.54, 1.807) is 0 Å². The van der Waals surface area contributed by atoms with Gasteiger partial charge in [0, 0.05) is 0 Å². The van der Waals surface area contributed by atoms with Gasteiger partial charge in [0.05, 0.1) is 39.1 Å². The van der Waals surface area contributed by atoms with Crippen molar-refractivity contribution in [2.24, 2.45) is 0 Å². The molecule has 0 aromatic rings. The summed E-state index contributed by atoms with van der Waals surface area (Å²) < 4.78 is 20.9. The van der Waals surface area contributed by atoms with Gasteiger partial charge in [0.1, 0.15) is 12.2 Å². The molecule has 0 spiro atoms. The van der Waals surface area contributed by atoms with E-state index in [0.29, 0.717) is 32.0 Å². The zero-order chi connectivity index (χ0) is 9.10. The lowest BCUT2D eigenvalue weighted by Gasteiger charge is -2.11. The lowest BCUT2D eigenvalue weighted by Crippen LogP contribution is -2.19. The summed E-state index contributed by atoms with van der Waals surface area (Å²) in [4.78, 5) is 0. The summed E-state index contributed by atoms with van der Waals surface area (Å²) >= 11 is 0. The van der Waals surface area contributed by atoms with Crippen LogP contribution in [0.4, 0.5) is 0 Å². The number of ether oxygens (including phenoxy) is 4. The van der Waals surface area contributed by atoms with E-state index in [9.17, 15) is 0 Å². The Morgan fingerprint density at radius 3 is 2.20 bits per heavy atom. The van der Waals surface area contributed by atoms with Crippen molar-refractivity contribution < 1.29 is 18.9 Å². The van der Waals surface area contributed by atoms with E-state index >= 15 is 0 Å². The van der Waals surface area contributed by atoms with Crippen LogP contribution in [0, 0.1) is 0 Å². The molecule has 4 nitrogen and oxygen atoms in total. The standard InChI is InChI=1S/C9H16O4.2CH4/c1-7(11-4-9-6-13-9)2-10-3-8-5-12-8;;/h7-9H,2-6H2,1H3;2*1H4. The van der Waals surface area contributed by atoms with Crippen LogP contribution >= 0.6 is 0 Å². The molecular weight excluding hydrogens is 196 g/mol. The molecule has 2 heterocycles. The van der Waals surface area contributed by atoms with Crippen molar-refractivity contribution in [3.8, 4) is 0 Å². The maximum absolute atomic E-state index is 5.48. The van der Waals surface area contributed by atoms with Gasteiger partial charge in [0.25, 0.3) is 0 Å². The van der Waals surface area contributed by atoms with Crippen LogP contribution in [0.3, 0.4) is 0 Å². The SMILES string of the molecule is C.C.CC(COCC1CO1)OCC1CO1. The second-order valence-electron chi connectivity index (χ2n) is 3.59. The highest BCUT2D eigenvalue weighted by Gasteiger charge is 2.24. The first-order valence-corrected chi connectivity index (χ1v) is 4.77. The molecular formula is C11H24O4. The van der Waals surface area contributed by atoms with Gasteiger partial charge in [-0.3, -0.25) is 0 Å². The third-order valence-electron chi connectivity index (χ3n) is 2.03. The van der Waals surface area contributed by atoms with E-state index in [2.05, 4.69) is 0 Å². The maximum Gasteiger partial charge on any atom is 0.104 e. The van der Waals surface area contributed by atoms with Gasteiger partial charge in [-0.05, 0) is 6.92 Å². The van der Waals surface area contributed by atoms with Crippen molar-refractivity contribution >= 4 is 0 Å². The highest BCUT2D eigenvalue weighted by Crippen LogP contribution is 2.11. The van der Waals surface area contributed by atoms with Crippen molar-refractivity contribution in [2.75, 3.05) is 33.0 Å².